The Morgan fingerprint density at radius 3 is 2.71 bits per heavy atom. The number of benzene rings is 1. The summed E-state index contributed by atoms with van der Waals surface area (Å²) < 4.78 is 28.9. The lowest BCUT2D eigenvalue weighted by Crippen LogP contribution is -2.34. The lowest BCUT2D eigenvalue weighted by Gasteiger charge is -2.18. The summed E-state index contributed by atoms with van der Waals surface area (Å²) in [7, 11) is 1.87. The molecule has 0 saturated heterocycles. The van der Waals surface area contributed by atoms with E-state index in [1.54, 1.807) is 16.8 Å². The first-order chi connectivity index (χ1) is 10.1. The molecule has 0 radical (unpaired) electrons. The first kappa shape index (κ1) is 15.6. The molecule has 3 nitrogen and oxygen atoms in total. The number of hydrogen-bond acceptors (Lipinski definition) is 2. The molecular formula is C16H21F2N3. The smallest absolute Gasteiger partial charge is 0.162 e. The second kappa shape index (κ2) is 7.31. The van der Waals surface area contributed by atoms with Gasteiger partial charge in [-0.2, -0.15) is 5.10 Å². The van der Waals surface area contributed by atoms with E-state index in [0.717, 1.165) is 24.7 Å². The van der Waals surface area contributed by atoms with Crippen molar-refractivity contribution in [2.45, 2.75) is 32.2 Å². The van der Waals surface area contributed by atoms with Crippen molar-refractivity contribution in [2.24, 2.45) is 7.05 Å². The van der Waals surface area contributed by atoms with E-state index in [4.69, 9.17) is 0 Å². The van der Waals surface area contributed by atoms with Gasteiger partial charge in [-0.3, -0.25) is 4.68 Å². The van der Waals surface area contributed by atoms with Gasteiger partial charge in [-0.05, 0) is 37.1 Å². The molecule has 0 spiro atoms. The van der Waals surface area contributed by atoms with Gasteiger partial charge in [0.2, 0.25) is 0 Å². The monoisotopic (exact) mass is 293 g/mol. The highest BCUT2D eigenvalue weighted by Gasteiger charge is 2.15. The van der Waals surface area contributed by atoms with Crippen LogP contribution in [0.3, 0.4) is 0 Å². The zero-order valence-corrected chi connectivity index (χ0v) is 12.4. The van der Waals surface area contributed by atoms with E-state index >= 15 is 0 Å². The third kappa shape index (κ3) is 4.36. The third-order valence-electron chi connectivity index (χ3n) is 3.41. The molecule has 1 atom stereocenters. The predicted molar refractivity (Wildman–Crippen MR) is 79.1 cm³/mol. The molecule has 1 unspecified atom stereocenters. The second-order valence-corrected chi connectivity index (χ2v) is 5.25. The topological polar surface area (TPSA) is 29.9 Å². The Hall–Kier alpha value is -1.75. The van der Waals surface area contributed by atoms with Crippen molar-refractivity contribution in [3.05, 3.63) is 53.4 Å². The Labute approximate surface area is 124 Å². The van der Waals surface area contributed by atoms with Crippen LogP contribution in [0, 0.1) is 11.6 Å². The van der Waals surface area contributed by atoms with Crippen LogP contribution in [-0.2, 0) is 19.9 Å². The lowest BCUT2D eigenvalue weighted by atomic mass is 10.0. The SMILES string of the molecule is CCCNC(Cc1ccn(C)n1)Cc1cccc(F)c1F. The summed E-state index contributed by atoms with van der Waals surface area (Å²) in [6.07, 6.45) is 4.01. The minimum Gasteiger partial charge on any atom is -0.313 e. The summed E-state index contributed by atoms with van der Waals surface area (Å²) in [6.45, 7) is 2.92. The van der Waals surface area contributed by atoms with Crippen molar-refractivity contribution in [3.63, 3.8) is 0 Å². The first-order valence-electron chi connectivity index (χ1n) is 7.25. The van der Waals surface area contributed by atoms with Gasteiger partial charge in [0.1, 0.15) is 0 Å². The van der Waals surface area contributed by atoms with Crippen molar-refractivity contribution < 1.29 is 8.78 Å². The Morgan fingerprint density at radius 2 is 2.05 bits per heavy atom. The molecule has 1 aromatic carbocycles. The van der Waals surface area contributed by atoms with Gasteiger partial charge in [0.15, 0.2) is 11.6 Å². The number of aromatic nitrogens is 2. The molecule has 1 heterocycles. The molecule has 5 heteroatoms. The van der Waals surface area contributed by atoms with Crippen molar-refractivity contribution >= 4 is 0 Å². The van der Waals surface area contributed by atoms with Gasteiger partial charge in [-0.1, -0.05) is 19.1 Å². The minimum atomic E-state index is -0.792. The summed E-state index contributed by atoms with van der Waals surface area (Å²) >= 11 is 0. The van der Waals surface area contributed by atoms with Crippen LogP contribution in [0.5, 0.6) is 0 Å². The minimum absolute atomic E-state index is 0.0381. The van der Waals surface area contributed by atoms with Crippen molar-refractivity contribution in [1.29, 1.82) is 0 Å². The number of halogens is 2. The molecule has 0 aliphatic rings. The maximum absolute atomic E-state index is 13.8. The fourth-order valence-corrected chi connectivity index (χ4v) is 2.36. The van der Waals surface area contributed by atoms with Gasteiger partial charge in [0.05, 0.1) is 5.69 Å². The highest BCUT2D eigenvalue weighted by molar-refractivity contribution is 5.20. The molecule has 1 N–H and O–H groups in total. The summed E-state index contributed by atoms with van der Waals surface area (Å²) in [5.74, 6) is -1.54. The van der Waals surface area contributed by atoms with Crippen LogP contribution in [0.4, 0.5) is 8.78 Å². The highest BCUT2D eigenvalue weighted by atomic mass is 19.2. The Kier molecular flexibility index (Phi) is 5.44. The average molecular weight is 293 g/mol. The van der Waals surface area contributed by atoms with Crippen LogP contribution in [0.25, 0.3) is 0 Å². The van der Waals surface area contributed by atoms with Crippen molar-refractivity contribution in [1.82, 2.24) is 15.1 Å². The third-order valence-corrected chi connectivity index (χ3v) is 3.41. The standard InChI is InChI=1S/C16H21F2N3/c1-3-8-19-14(11-13-7-9-21(2)20-13)10-12-5-4-6-15(17)16(12)18/h4-7,9,14,19H,3,8,10-11H2,1-2H3. The highest BCUT2D eigenvalue weighted by Crippen LogP contribution is 2.15. The van der Waals surface area contributed by atoms with E-state index in [0.29, 0.717) is 18.4 Å². The van der Waals surface area contributed by atoms with Crippen LogP contribution in [0.15, 0.2) is 30.5 Å². The number of hydrogen-bond donors (Lipinski definition) is 1. The quantitative estimate of drug-likeness (QED) is 0.850. The van der Waals surface area contributed by atoms with E-state index in [2.05, 4.69) is 17.3 Å². The van der Waals surface area contributed by atoms with Crippen molar-refractivity contribution in [2.75, 3.05) is 6.54 Å². The zero-order valence-electron chi connectivity index (χ0n) is 12.4. The Morgan fingerprint density at radius 1 is 1.24 bits per heavy atom. The van der Waals surface area contributed by atoms with Crippen LogP contribution in [-0.4, -0.2) is 22.4 Å². The summed E-state index contributed by atoms with van der Waals surface area (Å²) in [6, 6.07) is 6.31. The fourth-order valence-electron chi connectivity index (χ4n) is 2.36. The number of nitrogens with one attached hydrogen (secondary N) is 1. The van der Waals surface area contributed by atoms with Gasteiger partial charge in [-0.15, -0.1) is 0 Å². The van der Waals surface area contributed by atoms with Crippen LogP contribution in [0.1, 0.15) is 24.6 Å². The van der Waals surface area contributed by atoms with E-state index < -0.39 is 11.6 Å². The summed E-state index contributed by atoms with van der Waals surface area (Å²) in [4.78, 5) is 0. The van der Waals surface area contributed by atoms with Crippen molar-refractivity contribution in [3.8, 4) is 0 Å². The van der Waals surface area contributed by atoms with Gasteiger partial charge in [0.25, 0.3) is 0 Å². The molecule has 2 aromatic rings. The van der Waals surface area contributed by atoms with Gasteiger partial charge in [-0.25, -0.2) is 8.78 Å². The normalized spacial score (nSPS) is 12.6. The maximum Gasteiger partial charge on any atom is 0.162 e. The Bertz CT molecular complexity index is 581. The molecule has 0 amide bonds. The van der Waals surface area contributed by atoms with E-state index in [1.807, 2.05) is 19.3 Å². The van der Waals surface area contributed by atoms with Crippen LogP contribution in [0.2, 0.25) is 0 Å². The molecule has 0 aliphatic carbocycles. The van der Waals surface area contributed by atoms with E-state index in [9.17, 15) is 8.78 Å². The number of rotatable bonds is 7. The molecule has 0 bridgehead atoms. The van der Waals surface area contributed by atoms with Gasteiger partial charge in [0, 0.05) is 25.7 Å². The fraction of sp³-hybridized carbons (Fsp3) is 0.438. The second-order valence-electron chi connectivity index (χ2n) is 5.25. The summed E-state index contributed by atoms with van der Waals surface area (Å²) in [5, 5.41) is 7.73. The molecule has 2 rings (SSSR count). The number of nitrogens with zero attached hydrogens (tertiary/aromatic N) is 2. The van der Waals surface area contributed by atoms with Crippen LogP contribution < -0.4 is 5.32 Å². The molecule has 114 valence electrons. The lowest BCUT2D eigenvalue weighted by molar-refractivity contribution is 0.465. The molecule has 0 aliphatic heterocycles. The van der Waals surface area contributed by atoms with E-state index in [-0.39, 0.29) is 6.04 Å². The van der Waals surface area contributed by atoms with Crippen LogP contribution >= 0.6 is 0 Å². The van der Waals surface area contributed by atoms with Gasteiger partial charge >= 0.3 is 0 Å². The van der Waals surface area contributed by atoms with Gasteiger partial charge < -0.3 is 5.32 Å². The molecule has 1 aromatic heterocycles. The molecular weight excluding hydrogens is 272 g/mol. The largest absolute Gasteiger partial charge is 0.313 e. The molecule has 0 fully saturated rings. The summed E-state index contributed by atoms with van der Waals surface area (Å²) in [5.41, 5.74) is 1.35. The van der Waals surface area contributed by atoms with E-state index in [1.165, 1.54) is 0 Å². The molecule has 21 heavy (non-hydrogen) atoms. The zero-order chi connectivity index (χ0) is 15.2. The predicted octanol–water partition coefficient (Wildman–Crippen LogP) is 2.85. The molecule has 0 saturated carbocycles. The number of aryl methyl sites for hydroxylation is 1. The average Bonchev–Trinajstić information content (AvgIpc) is 2.86. The first-order valence-corrected chi connectivity index (χ1v) is 7.25. The maximum atomic E-state index is 13.8. The Balaban J connectivity index is 2.10.